The van der Waals surface area contributed by atoms with E-state index in [2.05, 4.69) is 20.5 Å². The van der Waals surface area contributed by atoms with Gasteiger partial charge in [0.05, 0.1) is 6.54 Å². The van der Waals surface area contributed by atoms with E-state index in [1.165, 1.54) is 0 Å². The second-order valence-corrected chi connectivity index (χ2v) is 4.24. The van der Waals surface area contributed by atoms with Gasteiger partial charge in [0.1, 0.15) is 5.01 Å². The molecule has 0 aliphatic rings. The van der Waals surface area contributed by atoms with Crippen LogP contribution in [0.1, 0.15) is 5.01 Å². The molecule has 7 heteroatoms. The Morgan fingerprint density at radius 1 is 1.69 bits per heavy atom. The van der Waals surface area contributed by atoms with Gasteiger partial charge in [-0.25, -0.2) is 0 Å². The first-order valence-corrected chi connectivity index (χ1v) is 5.63. The number of hydrogen-bond acceptors (Lipinski definition) is 5. The molecule has 0 aromatic carbocycles. The van der Waals surface area contributed by atoms with Crippen molar-refractivity contribution >= 4 is 29.1 Å². The minimum atomic E-state index is 0.418. The summed E-state index contributed by atoms with van der Waals surface area (Å²) in [5.41, 5.74) is 5.45. The molecular weight excluding hydrogens is 206 g/mol. The first-order valence-electron chi connectivity index (χ1n) is 3.58. The van der Waals surface area contributed by atoms with E-state index in [4.69, 9.17) is 5.73 Å². The molecule has 0 radical (unpaired) electrons. The summed E-state index contributed by atoms with van der Waals surface area (Å²) < 4.78 is 0.962. The van der Waals surface area contributed by atoms with E-state index < -0.39 is 0 Å². The van der Waals surface area contributed by atoms with Crippen molar-refractivity contribution in [3.05, 3.63) is 5.01 Å². The lowest BCUT2D eigenvalue weighted by molar-refractivity contribution is 0.851. The van der Waals surface area contributed by atoms with Gasteiger partial charge in [-0.05, 0) is 6.26 Å². The zero-order valence-electron chi connectivity index (χ0n) is 7.44. The van der Waals surface area contributed by atoms with Crippen LogP contribution in [0.3, 0.4) is 0 Å². The molecule has 13 heavy (non-hydrogen) atoms. The Bertz CT molecular complexity index is 295. The average molecular weight is 217 g/mol. The first kappa shape index (κ1) is 10.3. The van der Waals surface area contributed by atoms with Gasteiger partial charge in [0.25, 0.3) is 0 Å². The fourth-order valence-electron chi connectivity index (χ4n) is 0.637. The SMILES string of the molecule is CN=C(N)NCc1nnc(SC)s1. The van der Waals surface area contributed by atoms with Crippen molar-refractivity contribution < 1.29 is 0 Å². The van der Waals surface area contributed by atoms with Crippen LogP contribution in [0.5, 0.6) is 0 Å². The molecule has 72 valence electrons. The molecule has 1 aromatic heterocycles. The molecule has 0 saturated heterocycles. The third kappa shape index (κ3) is 3.19. The quantitative estimate of drug-likeness (QED) is 0.432. The van der Waals surface area contributed by atoms with Crippen molar-refractivity contribution in [1.29, 1.82) is 0 Å². The highest BCUT2D eigenvalue weighted by Crippen LogP contribution is 2.18. The number of nitrogens with two attached hydrogens (primary N) is 1. The van der Waals surface area contributed by atoms with E-state index >= 15 is 0 Å². The molecule has 0 spiro atoms. The number of aliphatic imine (C=N–C) groups is 1. The Balaban J connectivity index is 2.45. The predicted octanol–water partition coefficient (Wildman–Crippen LogP) is 0.294. The molecule has 0 atom stereocenters. The Hall–Kier alpha value is -0.820. The number of nitrogens with one attached hydrogen (secondary N) is 1. The van der Waals surface area contributed by atoms with Crippen LogP contribution in [0.25, 0.3) is 0 Å². The first-order chi connectivity index (χ1) is 6.26. The molecule has 0 aliphatic heterocycles. The third-order valence-electron chi connectivity index (χ3n) is 1.28. The number of nitrogens with zero attached hydrogens (tertiary/aromatic N) is 3. The molecule has 0 unspecified atom stereocenters. The predicted molar refractivity (Wildman–Crippen MR) is 56.1 cm³/mol. The minimum absolute atomic E-state index is 0.418. The van der Waals surface area contributed by atoms with Gasteiger partial charge in [-0.3, -0.25) is 4.99 Å². The summed E-state index contributed by atoms with van der Waals surface area (Å²) in [6, 6.07) is 0. The van der Waals surface area contributed by atoms with Crippen molar-refractivity contribution in [3.8, 4) is 0 Å². The van der Waals surface area contributed by atoms with Crippen LogP contribution in [0, 0.1) is 0 Å². The number of thioether (sulfide) groups is 1. The van der Waals surface area contributed by atoms with E-state index in [1.54, 1.807) is 30.1 Å². The van der Waals surface area contributed by atoms with E-state index in [-0.39, 0.29) is 0 Å². The smallest absolute Gasteiger partial charge is 0.188 e. The highest BCUT2D eigenvalue weighted by atomic mass is 32.2. The molecule has 1 rings (SSSR count). The van der Waals surface area contributed by atoms with Crippen molar-refractivity contribution in [2.45, 2.75) is 10.9 Å². The number of aromatic nitrogens is 2. The minimum Gasteiger partial charge on any atom is -0.370 e. The zero-order valence-corrected chi connectivity index (χ0v) is 9.08. The van der Waals surface area contributed by atoms with Crippen LogP contribution >= 0.6 is 23.1 Å². The maximum Gasteiger partial charge on any atom is 0.188 e. The van der Waals surface area contributed by atoms with E-state index in [0.29, 0.717) is 12.5 Å². The second-order valence-electron chi connectivity index (χ2n) is 2.13. The van der Waals surface area contributed by atoms with Crippen molar-refractivity contribution in [2.24, 2.45) is 10.7 Å². The van der Waals surface area contributed by atoms with Gasteiger partial charge in [0.2, 0.25) is 0 Å². The summed E-state index contributed by atoms with van der Waals surface area (Å²) >= 11 is 3.14. The Kier molecular flexibility index (Phi) is 3.97. The number of rotatable bonds is 3. The Labute approximate surface area is 84.8 Å². The van der Waals surface area contributed by atoms with E-state index in [1.807, 2.05) is 6.26 Å². The molecule has 3 N–H and O–H groups in total. The van der Waals surface area contributed by atoms with Gasteiger partial charge in [-0.2, -0.15) is 0 Å². The molecular formula is C6H11N5S2. The average Bonchev–Trinajstić information content (AvgIpc) is 2.61. The summed E-state index contributed by atoms with van der Waals surface area (Å²) in [5, 5.41) is 11.7. The largest absolute Gasteiger partial charge is 0.370 e. The third-order valence-corrected chi connectivity index (χ3v) is 3.18. The molecule has 0 aliphatic carbocycles. The van der Waals surface area contributed by atoms with Gasteiger partial charge in [0, 0.05) is 7.05 Å². The maximum absolute atomic E-state index is 5.45. The summed E-state index contributed by atoms with van der Waals surface area (Å²) in [5.74, 6) is 0.418. The van der Waals surface area contributed by atoms with Crippen LogP contribution in [0.15, 0.2) is 9.33 Å². The summed E-state index contributed by atoms with van der Waals surface area (Å²) in [6.07, 6.45) is 1.97. The van der Waals surface area contributed by atoms with Crippen molar-refractivity contribution in [1.82, 2.24) is 15.5 Å². The molecule has 0 fully saturated rings. The summed E-state index contributed by atoms with van der Waals surface area (Å²) in [7, 11) is 1.63. The van der Waals surface area contributed by atoms with Crippen LogP contribution in [0.4, 0.5) is 0 Å². The molecule has 1 heterocycles. The number of guanidine groups is 1. The second kappa shape index (κ2) is 5.03. The normalized spacial score (nSPS) is 11.7. The van der Waals surface area contributed by atoms with E-state index in [9.17, 15) is 0 Å². The standard InChI is InChI=1S/C6H11N5S2/c1-8-5(7)9-3-4-10-11-6(12-2)13-4/h3H2,1-2H3,(H3,7,8,9). The van der Waals surface area contributed by atoms with Crippen molar-refractivity contribution in [2.75, 3.05) is 13.3 Å². The van der Waals surface area contributed by atoms with Crippen LogP contribution in [-0.4, -0.2) is 29.5 Å². The topological polar surface area (TPSA) is 76.2 Å². The molecule has 1 aromatic rings. The van der Waals surface area contributed by atoms with Crippen molar-refractivity contribution in [3.63, 3.8) is 0 Å². The molecule has 0 saturated carbocycles. The van der Waals surface area contributed by atoms with Crippen LogP contribution in [0.2, 0.25) is 0 Å². The Morgan fingerprint density at radius 3 is 3.00 bits per heavy atom. The molecule has 0 bridgehead atoms. The highest BCUT2D eigenvalue weighted by molar-refractivity contribution is 8.00. The lowest BCUT2D eigenvalue weighted by Crippen LogP contribution is -2.30. The lowest BCUT2D eigenvalue weighted by Gasteiger charge is -1.99. The van der Waals surface area contributed by atoms with Gasteiger partial charge < -0.3 is 11.1 Å². The summed E-state index contributed by atoms with van der Waals surface area (Å²) in [6.45, 7) is 0.585. The molecule has 5 nitrogen and oxygen atoms in total. The molecule has 0 amide bonds. The maximum atomic E-state index is 5.45. The van der Waals surface area contributed by atoms with Gasteiger partial charge in [-0.1, -0.05) is 23.1 Å². The van der Waals surface area contributed by atoms with Crippen LogP contribution in [-0.2, 0) is 6.54 Å². The summed E-state index contributed by atoms with van der Waals surface area (Å²) in [4.78, 5) is 3.77. The lowest BCUT2D eigenvalue weighted by atomic mass is 10.7. The van der Waals surface area contributed by atoms with E-state index in [0.717, 1.165) is 9.35 Å². The fourth-order valence-corrected chi connectivity index (χ4v) is 1.89. The van der Waals surface area contributed by atoms with Gasteiger partial charge in [-0.15, -0.1) is 10.2 Å². The Morgan fingerprint density at radius 2 is 2.46 bits per heavy atom. The fraction of sp³-hybridized carbons (Fsp3) is 0.500. The number of hydrogen-bond donors (Lipinski definition) is 2. The van der Waals surface area contributed by atoms with Gasteiger partial charge >= 0.3 is 0 Å². The van der Waals surface area contributed by atoms with Gasteiger partial charge in [0.15, 0.2) is 10.3 Å². The highest BCUT2D eigenvalue weighted by Gasteiger charge is 2.02. The van der Waals surface area contributed by atoms with Crippen LogP contribution < -0.4 is 11.1 Å². The monoisotopic (exact) mass is 217 g/mol. The zero-order chi connectivity index (χ0) is 9.68.